The first-order valence-corrected chi connectivity index (χ1v) is 24.4. The lowest BCUT2D eigenvalue weighted by Crippen LogP contribution is -2.60. The Bertz CT molecular complexity index is 2180. The zero-order chi connectivity index (χ0) is 58.0. The van der Waals surface area contributed by atoms with E-state index in [1.54, 1.807) is 0 Å². The van der Waals surface area contributed by atoms with Crippen molar-refractivity contribution < 1.29 is 97.8 Å². The highest BCUT2D eigenvalue weighted by Gasteiger charge is 2.36. The van der Waals surface area contributed by atoms with E-state index in [9.17, 15) is 93.0 Å². The summed E-state index contributed by atoms with van der Waals surface area (Å²) in [5.41, 5.74) is 11.4. The van der Waals surface area contributed by atoms with E-state index in [4.69, 9.17) is 17.4 Å². The summed E-state index contributed by atoms with van der Waals surface area (Å²) in [6.45, 7) is 0.275. The summed E-state index contributed by atoms with van der Waals surface area (Å²) in [6.07, 6.45) is -2.57. The number of carboxylic acids is 5. The Morgan fingerprint density at radius 2 is 0.818 bits per heavy atom. The highest BCUT2D eigenvalue weighted by molar-refractivity contribution is 6.00. The first-order chi connectivity index (χ1) is 36.4. The summed E-state index contributed by atoms with van der Waals surface area (Å²) in [4.78, 5) is 170. The molecule has 0 radical (unpaired) electrons. The smallest absolute Gasteiger partial charge is 0.326 e. The van der Waals surface area contributed by atoms with Gasteiger partial charge in [-0.05, 0) is 82.2 Å². The number of nitrogens with one attached hydrogen (secondary N) is 8. The van der Waals surface area contributed by atoms with Crippen molar-refractivity contribution in [2.24, 2.45) is 17.4 Å². The fourth-order valence-corrected chi connectivity index (χ4v) is 7.14. The van der Waals surface area contributed by atoms with Crippen molar-refractivity contribution in [3.05, 3.63) is 29.8 Å². The number of hydrogen-bond acceptors (Lipinski definition) is 18. The molecule has 77 heavy (non-hydrogen) atoms. The van der Waals surface area contributed by atoms with Crippen LogP contribution in [0.25, 0.3) is 0 Å². The second kappa shape index (κ2) is 36.8. The number of phenols is 1. The zero-order valence-electron chi connectivity index (χ0n) is 42.1. The quantitative estimate of drug-likeness (QED) is 0.0217. The van der Waals surface area contributed by atoms with Crippen LogP contribution in [0.5, 0.6) is 5.75 Å². The van der Waals surface area contributed by atoms with Gasteiger partial charge in [-0.25, -0.2) is 10.7 Å². The van der Waals surface area contributed by atoms with Gasteiger partial charge >= 0.3 is 29.8 Å². The third-order valence-corrected chi connectivity index (χ3v) is 11.1. The van der Waals surface area contributed by atoms with Gasteiger partial charge in [0.2, 0.25) is 47.3 Å². The molecule has 0 saturated carbocycles. The van der Waals surface area contributed by atoms with Crippen LogP contribution in [0.1, 0.15) is 102 Å². The molecular formula is C46H71N11O20. The fraction of sp³-hybridized carbons (Fsp3) is 0.587. The van der Waals surface area contributed by atoms with Crippen LogP contribution in [0.3, 0.4) is 0 Å². The predicted molar refractivity (Wildman–Crippen MR) is 264 cm³/mol. The minimum atomic E-state index is -2.19. The Hall–Kier alpha value is -8.03. The molecule has 0 spiro atoms. The second-order valence-electron chi connectivity index (χ2n) is 17.5. The number of aromatic hydroxyl groups is 1. The number of aliphatic carboxylic acids is 5. The van der Waals surface area contributed by atoms with Crippen molar-refractivity contribution in [3.8, 4) is 5.75 Å². The number of nitrogens with two attached hydrogens (primary N) is 3. The molecule has 430 valence electrons. The molecule has 1 rings (SSSR count). The van der Waals surface area contributed by atoms with Gasteiger partial charge in [0.25, 0.3) is 0 Å². The van der Waals surface area contributed by atoms with Crippen molar-refractivity contribution in [1.82, 2.24) is 42.5 Å². The van der Waals surface area contributed by atoms with Gasteiger partial charge in [-0.3, -0.25) is 62.4 Å². The van der Waals surface area contributed by atoms with Crippen molar-refractivity contribution >= 4 is 77.1 Å². The van der Waals surface area contributed by atoms with Crippen molar-refractivity contribution in [1.29, 1.82) is 0 Å². The van der Waals surface area contributed by atoms with Gasteiger partial charge in [-0.1, -0.05) is 25.0 Å². The Morgan fingerprint density at radius 3 is 1.25 bits per heavy atom. The normalized spacial score (nSPS) is 13.5. The van der Waals surface area contributed by atoms with Crippen LogP contribution in [-0.2, 0) is 73.6 Å². The number of hydrogen-bond donors (Lipinski definition) is 17. The number of unbranched alkanes of at least 4 members (excludes halogenated alkanes) is 5. The predicted octanol–water partition coefficient (Wildman–Crippen LogP) is -4.47. The minimum absolute atomic E-state index is 0.0882. The lowest BCUT2D eigenvalue weighted by molar-refractivity contribution is -0.145. The van der Waals surface area contributed by atoms with Crippen molar-refractivity contribution in [2.75, 3.05) is 26.2 Å². The molecule has 0 fully saturated rings. The molecule has 0 aliphatic heterocycles. The van der Waals surface area contributed by atoms with Crippen LogP contribution in [0.15, 0.2) is 24.3 Å². The summed E-state index contributed by atoms with van der Waals surface area (Å²) < 4.78 is 0. The average molecular weight is 1100 g/mol. The molecule has 8 amide bonds. The molecule has 0 saturated heterocycles. The zero-order valence-corrected chi connectivity index (χ0v) is 42.1. The molecule has 0 unspecified atom stereocenters. The van der Waals surface area contributed by atoms with Crippen molar-refractivity contribution in [2.45, 2.75) is 145 Å². The van der Waals surface area contributed by atoms with Crippen LogP contribution in [0.2, 0.25) is 0 Å². The van der Waals surface area contributed by atoms with Gasteiger partial charge in [-0.15, -0.1) is 0 Å². The maximum absolute atomic E-state index is 14.2. The van der Waals surface area contributed by atoms with Crippen LogP contribution in [-0.4, -0.2) is 176 Å². The van der Waals surface area contributed by atoms with Gasteiger partial charge in [0.15, 0.2) is 0 Å². The molecule has 20 N–H and O–H groups in total. The average Bonchev–Trinajstić information content (AvgIpc) is 3.34. The van der Waals surface area contributed by atoms with Gasteiger partial charge in [0.05, 0.1) is 25.7 Å². The number of carbonyl (C=O) groups excluding carboxylic acids is 8. The SMILES string of the molecule is NCCCC[C@H](NC(=O)[C@H](CC(=O)O)NC(=O)[C@H](CC(=O)O)NC(=O)[C@H](CC(=O)O)NC(=O)[C@H](CCCCN)NC(=O)[C@H](Cc1ccc(O)cc1)NC(=O)[C@H](CC(=O)O)NC(=O)CCCCCCNC(=O)CON)C(=O)O. The highest BCUT2D eigenvalue weighted by Crippen LogP contribution is 2.14. The summed E-state index contributed by atoms with van der Waals surface area (Å²) in [7, 11) is 0. The van der Waals surface area contributed by atoms with E-state index in [1.807, 2.05) is 10.6 Å². The lowest BCUT2D eigenvalue weighted by atomic mass is 10.0. The molecule has 0 heterocycles. The number of benzene rings is 1. The van der Waals surface area contributed by atoms with Gasteiger partial charge < -0.3 is 84.6 Å². The number of carbonyl (C=O) groups is 13. The molecule has 7 atom stereocenters. The molecule has 0 aromatic heterocycles. The Kier molecular flexibility index (Phi) is 32.0. The van der Waals surface area contributed by atoms with Gasteiger partial charge in [0, 0.05) is 19.4 Å². The molecular weight excluding hydrogens is 1030 g/mol. The highest BCUT2D eigenvalue weighted by atomic mass is 16.6. The third kappa shape index (κ3) is 29.0. The Labute approximate surface area is 440 Å². The number of carboxylic acid groups (broad SMARTS) is 5. The molecule has 31 heteroatoms. The van der Waals surface area contributed by atoms with E-state index in [2.05, 4.69) is 36.7 Å². The summed E-state index contributed by atoms with van der Waals surface area (Å²) in [6, 6.07) is -7.73. The van der Waals surface area contributed by atoms with Crippen LogP contribution in [0.4, 0.5) is 0 Å². The largest absolute Gasteiger partial charge is 0.508 e. The van der Waals surface area contributed by atoms with E-state index < -0.39 is 145 Å². The van der Waals surface area contributed by atoms with E-state index in [-0.39, 0.29) is 70.4 Å². The topological polar surface area (TPSA) is 527 Å². The molecule has 0 bridgehead atoms. The maximum Gasteiger partial charge on any atom is 0.326 e. The van der Waals surface area contributed by atoms with Gasteiger partial charge in [-0.2, -0.15) is 0 Å². The summed E-state index contributed by atoms with van der Waals surface area (Å²) in [5.74, 6) is -12.4. The van der Waals surface area contributed by atoms with E-state index in [0.717, 1.165) is 0 Å². The van der Waals surface area contributed by atoms with Crippen LogP contribution >= 0.6 is 0 Å². The standard InChI is InChI=1S/C46H71N11O20/c47-16-6-4-9-27(40(69)55-32(22-38(65)66)44(73)57-33(23-39(67)68)45(74)56-31(21-37(63)64)43(72)53-28(46(75)76)10-5-7-17-48)52-41(70)29(19-25-12-14-26(58)15-13-25)54-42(71)30(20-36(61)62)51-34(59)11-3-1-2-8-18-50-35(60)24-77-49/h12-15,27-33,58H,1-11,16-24,47-49H2,(H,50,60)(H,51,59)(H,52,70)(H,53,72)(H,54,71)(H,55,69)(H,56,74)(H,57,73)(H,61,62)(H,63,64)(H,65,66)(H,67,68)(H,75,76)/t27-,28-,29-,30-,31-,32-,33-/m0/s1. The Balaban J connectivity index is 3.45. The van der Waals surface area contributed by atoms with Crippen LogP contribution in [0, 0.1) is 0 Å². The molecule has 31 nitrogen and oxygen atoms in total. The van der Waals surface area contributed by atoms with Gasteiger partial charge in [0.1, 0.15) is 54.6 Å². The minimum Gasteiger partial charge on any atom is -0.508 e. The van der Waals surface area contributed by atoms with Crippen molar-refractivity contribution in [3.63, 3.8) is 0 Å². The lowest BCUT2D eigenvalue weighted by Gasteiger charge is -2.27. The van der Waals surface area contributed by atoms with E-state index in [1.165, 1.54) is 24.3 Å². The number of phenolic OH excluding ortho intramolecular Hbond substituents is 1. The monoisotopic (exact) mass is 1100 g/mol. The molecule has 1 aromatic rings. The Morgan fingerprint density at radius 1 is 0.442 bits per heavy atom. The van der Waals surface area contributed by atoms with E-state index in [0.29, 0.717) is 44.2 Å². The molecule has 1 aromatic carbocycles. The first kappa shape index (κ1) is 67.0. The number of amides is 8. The molecule has 0 aliphatic carbocycles. The third-order valence-electron chi connectivity index (χ3n) is 11.1. The molecule has 0 aliphatic rings. The second-order valence-corrected chi connectivity index (χ2v) is 17.5. The van der Waals surface area contributed by atoms with Crippen LogP contribution < -0.4 is 59.9 Å². The maximum atomic E-state index is 14.2. The summed E-state index contributed by atoms with van der Waals surface area (Å²) in [5, 5.41) is 75.8. The fourth-order valence-electron chi connectivity index (χ4n) is 7.14. The summed E-state index contributed by atoms with van der Waals surface area (Å²) >= 11 is 0. The first-order valence-electron chi connectivity index (χ1n) is 24.4. The van der Waals surface area contributed by atoms with E-state index >= 15 is 0 Å². The number of rotatable bonds is 41.